The quantitative estimate of drug-likeness (QED) is 0.164. The lowest BCUT2D eigenvalue weighted by atomic mass is 10.0. The van der Waals surface area contributed by atoms with Crippen LogP contribution in [0.3, 0.4) is 0 Å². The average molecular weight is 624 g/mol. The molecule has 0 spiro atoms. The van der Waals surface area contributed by atoms with Crippen molar-refractivity contribution in [3.8, 4) is 5.75 Å². The number of carbonyl (C=O) groups excluding carboxylic acids is 1. The highest BCUT2D eigenvalue weighted by Gasteiger charge is 2.32. The molecule has 4 aromatic rings. The minimum absolute atomic E-state index is 0.0163. The van der Waals surface area contributed by atoms with Gasteiger partial charge in [-0.15, -0.1) is 0 Å². The van der Waals surface area contributed by atoms with Crippen LogP contribution in [0.25, 0.3) is 11.1 Å². The van der Waals surface area contributed by atoms with Gasteiger partial charge in [0, 0.05) is 25.7 Å². The second kappa shape index (κ2) is 14.2. The first kappa shape index (κ1) is 32.9. The van der Waals surface area contributed by atoms with Gasteiger partial charge in [0.25, 0.3) is 11.9 Å². The molecule has 2 unspecified atom stereocenters. The van der Waals surface area contributed by atoms with E-state index in [1.807, 2.05) is 70.2 Å². The van der Waals surface area contributed by atoms with Crippen molar-refractivity contribution in [3.63, 3.8) is 0 Å². The number of aromatic nitrogens is 1. The number of benzene rings is 3. The Labute approximate surface area is 258 Å². The molecule has 0 bridgehead atoms. The first-order chi connectivity index (χ1) is 20.9. The van der Waals surface area contributed by atoms with Crippen molar-refractivity contribution in [1.29, 1.82) is 0 Å². The molecule has 2 atom stereocenters. The molecule has 0 aliphatic rings. The van der Waals surface area contributed by atoms with Gasteiger partial charge in [-0.1, -0.05) is 56.3 Å². The summed E-state index contributed by atoms with van der Waals surface area (Å²) in [5.41, 5.74) is 15.6. The van der Waals surface area contributed by atoms with E-state index >= 15 is 0 Å². The number of ether oxygens (including phenoxy) is 1. The first-order valence-corrected chi connectivity index (χ1v) is 15.9. The third kappa shape index (κ3) is 8.14. The van der Waals surface area contributed by atoms with Crippen molar-refractivity contribution < 1.29 is 27.5 Å². The molecule has 44 heavy (non-hydrogen) atoms. The number of aliphatic hydroxyl groups is 1. The van der Waals surface area contributed by atoms with E-state index in [1.54, 1.807) is 0 Å². The number of nitrogens with two attached hydrogens (primary N) is 2. The summed E-state index contributed by atoms with van der Waals surface area (Å²) in [6.07, 6.45) is -0.972. The lowest BCUT2D eigenvalue weighted by Crippen LogP contribution is -2.52. The Morgan fingerprint density at radius 3 is 2.36 bits per heavy atom. The van der Waals surface area contributed by atoms with E-state index in [1.165, 1.54) is 22.5 Å². The molecule has 0 aliphatic carbocycles. The Kier molecular flexibility index (Phi) is 10.6. The number of rotatable bonds is 14. The number of nitrogens with zero attached hydrogens (tertiary/aromatic N) is 2. The number of amides is 1. The summed E-state index contributed by atoms with van der Waals surface area (Å²) in [5, 5.41) is 14.4. The Morgan fingerprint density at radius 2 is 1.73 bits per heavy atom. The molecular formula is C32H41N5O6S. The van der Waals surface area contributed by atoms with E-state index in [4.69, 9.17) is 20.6 Å². The van der Waals surface area contributed by atoms with Gasteiger partial charge in [0.05, 0.1) is 17.0 Å². The smallest absolute Gasteiger partial charge is 0.292 e. The van der Waals surface area contributed by atoms with Gasteiger partial charge < -0.3 is 31.0 Å². The zero-order chi connectivity index (χ0) is 32.0. The molecule has 236 valence electrons. The monoisotopic (exact) mass is 623 g/mol. The molecule has 0 saturated heterocycles. The number of aryl methyl sites for hydroxylation is 2. The molecule has 0 saturated carbocycles. The molecule has 1 aromatic heterocycles. The van der Waals surface area contributed by atoms with Gasteiger partial charge >= 0.3 is 0 Å². The molecule has 1 heterocycles. The fraction of sp³-hybridized carbons (Fsp3) is 0.375. The molecule has 0 fully saturated rings. The van der Waals surface area contributed by atoms with E-state index in [2.05, 4.69) is 10.3 Å². The van der Waals surface area contributed by atoms with Gasteiger partial charge in [0.2, 0.25) is 10.0 Å². The molecule has 12 heteroatoms. The highest BCUT2D eigenvalue weighted by molar-refractivity contribution is 7.89. The zero-order valence-electron chi connectivity index (χ0n) is 25.5. The summed E-state index contributed by atoms with van der Waals surface area (Å²) in [6.45, 7) is 7.56. The normalized spacial score (nSPS) is 13.4. The maximum absolute atomic E-state index is 13.8. The van der Waals surface area contributed by atoms with Crippen LogP contribution in [-0.2, 0) is 27.8 Å². The van der Waals surface area contributed by atoms with Crippen LogP contribution < -0.4 is 21.5 Å². The SMILES string of the molecule is Cc1cc(CN)cc(C)c1OCC(=O)NC(Cc1ccccc1)C(O)CN(CC(C)C)S(=O)(=O)c1ccc2nc(N)oc2c1. The van der Waals surface area contributed by atoms with E-state index < -0.39 is 28.1 Å². The van der Waals surface area contributed by atoms with Crippen LogP contribution in [0, 0.1) is 19.8 Å². The van der Waals surface area contributed by atoms with Gasteiger partial charge in [-0.3, -0.25) is 4.79 Å². The minimum Gasteiger partial charge on any atom is -0.483 e. The number of anilines is 1. The summed E-state index contributed by atoms with van der Waals surface area (Å²) in [4.78, 5) is 17.2. The molecule has 1 amide bonds. The minimum atomic E-state index is -4.07. The second-order valence-corrected chi connectivity index (χ2v) is 13.3. The number of aliphatic hydroxyl groups excluding tert-OH is 1. The van der Waals surface area contributed by atoms with Crippen molar-refractivity contribution in [2.75, 3.05) is 25.4 Å². The number of carbonyl (C=O) groups is 1. The van der Waals surface area contributed by atoms with E-state index in [9.17, 15) is 18.3 Å². The standard InChI is InChI=1S/C32H41N5O6S/c1-20(2)17-37(44(40,41)25-10-11-26-29(15-25)43-32(34)36-26)18-28(38)27(14-23-8-6-5-7-9-23)35-30(39)19-42-31-21(3)12-24(16-33)13-22(31)4/h5-13,15,20,27-28,38H,14,16-19,33H2,1-4H3,(H2,34,36)(H,35,39). The van der Waals surface area contributed by atoms with Gasteiger partial charge in [-0.05, 0) is 60.6 Å². The van der Waals surface area contributed by atoms with E-state index in [0.29, 0.717) is 17.8 Å². The molecule has 11 nitrogen and oxygen atoms in total. The Balaban J connectivity index is 1.55. The first-order valence-electron chi connectivity index (χ1n) is 14.5. The van der Waals surface area contributed by atoms with E-state index in [-0.39, 0.29) is 48.5 Å². The topological polar surface area (TPSA) is 174 Å². The number of fused-ring (bicyclic) bond motifs is 1. The van der Waals surface area contributed by atoms with Crippen LogP contribution in [-0.4, -0.2) is 60.6 Å². The summed E-state index contributed by atoms with van der Waals surface area (Å²) in [5.74, 6) is 0.102. The molecular weight excluding hydrogens is 582 g/mol. The predicted molar refractivity (Wildman–Crippen MR) is 169 cm³/mol. The number of sulfonamides is 1. The van der Waals surface area contributed by atoms with Crippen molar-refractivity contribution >= 4 is 33.0 Å². The molecule has 0 aliphatic heterocycles. The van der Waals surface area contributed by atoms with Crippen molar-refractivity contribution in [2.45, 2.75) is 57.7 Å². The average Bonchev–Trinajstić information content (AvgIpc) is 3.35. The summed E-state index contributed by atoms with van der Waals surface area (Å²) < 4.78 is 40.1. The Morgan fingerprint density at radius 1 is 1.05 bits per heavy atom. The maximum atomic E-state index is 13.8. The predicted octanol–water partition coefficient (Wildman–Crippen LogP) is 3.30. The highest BCUT2D eigenvalue weighted by atomic mass is 32.2. The van der Waals surface area contributed by atoms with Crippen molar-refractivity contribution in [3.05, 3.63) is 82.9 Å². The number of hydrogen-bond acceptors (Lipinski definition) is 9. The lowest BCUT2D eigenvalue weighted by molar-refractivity contribution is -0.124. The van der Waals surface area contributed by atoms with Crippen LogP contribution in [0.4, 0.5) is 6.01 Å². The third-order valence-corrected chi connectivity index (χ3v) is 9.01. The number of nitrogens with one attached hydrogen (secondary N) is 1. The fourth-order valence-electron chi connectivity index (χ4n) is 5.17. The van der Waals surface area contributed by atoms with Gasteiger partial charge in [0.15, 0.2) is 12.2 Å². The summed E-state index contributed by atoms with van der Waals surface area (Å²) in [6, 6.07) is 16.7. The van der Waals surface area contributed by atoms with Crippen LogP contribution >= 0.6 is 0 Å². The molecule has 3 aromatic carbocycles. The van der Waals surface area contributed by atoms with Gasteiger partial charge in [-0.2, -0.15) is 9.29 Å². The highest BCUT2D eigenvalue weighted by Crippen LogP contribution is 2.26. The summed E-state index contributed by atoms with van der Waals surface area (Å²) in [7, 11) is -4.07. The number of oxazole rings is 1. The summed E-state index contributed by atoms with van der Waals surface area (Å²) >= 11 is 0. The number of hydrogen-bond donors (Lipinski definition) is 4. The van der Waals surface area contributed by atoms with Crippen LogP contribution in [0.5, 0.6) is 5.75 Å². The molecule has 4 rings (SSSR count). The Hall–Kier alpha value is -3.97. The van der Waals surface area contributed by atoms with Crippen molar-refractivity contribution in [2.24, 2.45) is 11.7 Å². The molecule has 6 N–H and O–H groups in total. The third-order valence-electron chi connectivity index (χ3n) is 7.19. The van der Waals surface area contributed by atoms with Gasteiger partial charge in [0.1, 0.15) is 11.3 Å². The van der Waals surface area contributed by atoms with E-state index in [0.717, 1.165) is 22.3 Å². The molecule has 0 radical (unpaired) electrons. The van der Waals surface area contributed by atoms with Crippen LogP contribution in [0.15, 0.2) is 70.0 Å². The zero-order valence-corrected chi connectivity index (χ0v) is 26.3. The fourth-order valence-corrected chi connectivity index (χ4v) is 6.81. The lowest BCUT2D eigenvalue weighted by Gasteiger charge is -2.30. The second-order valence-electron chi connectivity index (χ2n) is 11.4. The van der Waals surface area contributed by atoms with Crippen LogP contribution in [0.2, 0.25) is 0 Å². The largest absolute Gasteiger partial charge is 0.483 e. The van der Waals surface area contributed by atoms with Gasteiger partial charge in [-0.25, -0.2) is 8.42 Å². The maximum Gasteiger partial charge on any atom is 0.292 e. The number of nitrogen functional groups attached to an aromatic ring is 1. The van der Waals surface area contributed by atoms with Crippen molar-refractivity contribution in [1.82, 2.24) is 14.6 Å². The Bertz CT molecular complexity index is 1670. The van der Waals surface area contributed by atoms with Crippen LogP contribution in [0.1, 0.15) is 36.1 Å².